The molecule has 0 atom stereocenters. The summed E-state index contributed by atoms with van der Waals surface area (Å²) >= 11 is 0. The van der Waals surface area contributed by atoms with Crippen molar-refractivity contribution >= 4 is 17.5 Å². The maximum absolute atomic E-state index is 12.8. The summed E-state index contributed by atoms with van der Waals surface area (Å²) in [6.45, 7) is 3.17. The molecule has 3 rings (SSSR count). The molecule has 0 radical (unpaired) electrons. The van der Waals surface area contributed by atoms with E-state index in [0.29, 0.717) is 37.2 Å². The van der Waals surface area contributed by atoms with Gasteiger partial charge in [-0.2, -0.15) is 0 Å². The third-order valence-corrected chi connectivity index (χ3v) is 4.71. The third kappa shape index (κ3) is 4.70. The minimum Gasteiger partial charge on any atom is -0.336 e. The van der Waals surface area contributed by atoms with Crippen molar-refractivity contribution in [2.24, 2.45) is 0 Å². The highest BCUT2D eigenvalue weighted by molar-refractivity contribution is 6.03. The van der Waals surface area contributed by atoms with Gasteiger partial charge in [-0.05, 0) is 31.2 Å². The lowest BCUT2D eigenvalue weighted by Crippen LogP contribution is -2.47. The van der Waals surface area contributed by atoms with Crippen LogP contribution in [-0.4, -0.2) is 54.8 Å². The molecule has 1 aliphatic rings. The first kappa shape index (κ1) is 18.1. The predicted molar refractivity (Wildman–Crippen MR) is 103 cm³/mol. The van der Waals surface area contributed by atoms with Gasteiger partial charge >= 0.3 is 0 Å². The number of carbonyl (C=O) groups excluding carboxylic acids is 2. The third-order valence-electron chi connectivity index (χ3n) is 4.71. The summed E-state index contributed by atoms with van der Waals surface area (Å²) in [7, 11) is 2.06. The molecular weight excluding hydrogens is 326 g/mol. The van der Waals surface area contributed by atoms with Crippen LogP contribution < -0.4 is 5.32 Å². The second-order valence-corrected chi connectivity index (χ2v) is 6.67. The van der Waals surface area contributed by atoms with Crippen LogP contribution in [0.25, 0.3) is 0 Å². The average Bonchev–Trinajstić information content (AvgIpc) is 2.68. The molecule has 0 spiro atoms. The van der Waals surface area contributed by atoms with E-state index >= 15 is 0 Å². The summed E-state index contributed by atoms with van der Waals surface area (Å²) in [4.78, 5) is 29.2. The van der Waals surface area contributed by atoms with Gasteiger partial charge in [0.15, 0.2) is 0 Å². The number of para-hydroxylation sites is 1. The Morgan fingerprint density at radius 2 is 1.58 bits per heavy atom. The van der Waals surface area contributed by atoms with Gasteiger partial charge in [-0.1, -0.05) is 42.5 Å². The Labute approximate surface area is 154 Å². The van der Waals surface area contributed by atoms with Crippen LogP contribution in [0.3, 0.4) is 0 Å². The van der Waals surface area contributed by atoms with Crippen molar-refractivity contribution in [3.05, 3.63) is 65.7 Å². The Kier molecular flexibility index (Phi) is 6.02. The molecule has 1 fully saturated rings. The summed E-state index contributed by atoms with van der Waals surface area (Å²) in [5.74, 6) is -0.0930. The van der Waals surface area contributed by atoms with E-state index in [9.17, 15) is 9.59 Å². The van der Waals surface area contributed by atoms with Crippen LogP contribution >= 0.6 is 0 Å². The van der Waals surface area contributed by atoms with Crippen LogP contribution in [0, 0.1) is 0 Å². The Balaban J connectivity index is 1.63. The maximum Gasteiger partial charge on any atom is 0.256 e. The number of likely N-dealkylation sites (N-methyl/N-ethyl adjacent to an activating group) is 1. The standard InChI is InChI=1S/C21H25N3O2/c1-23-13-15-24(16-14-23)21(26)18-9-5-6-10-19(18)22-20(25)12-11-17-7-3-2-4-8-17/h2-10H,11-16H2,1H3,(H,22,25). The number of anilines is 1. The number of benzene rings is 2. The molecule has 0 saturated carbocycles. The van der Waals surface area contributed by atoms with Gasteiger partial charge in [0.25, 0.3) is 5.91 Å². The molecule has 2 amide bonds. The lowest BCUT2D eigenvalue weighted by atomic mass is 10.1. The second kappa shape index (κ2) is 8.63. The van der Waals surface area contributed by atoms with Crippen molar-refractivity contribution in [3.8, 4) is 0 Å². The number of nitrogens with zero attached hydrogens (tertiary/aromatic N) is 2. The molecule has 2 aromatic carbocycles. The number of carbonyl (C=O) groups is 2. The molecule has 1 N–H and O–H groups in total. The number of piperazine rings is 1. The van der Waals surface area contributed by atoms with Crippen molar-refractivity contribution in [2.75, 3.05) is 38.5 Å². The van der Waals surface area contributed by atoms with Gasteiger partial charge in [0.1, 0.15) is 0 Å². The van der Waals surface area contributed by atoms with Gasteiger partial charge in [0, 0.05) is 32.6 Å². The SMILES string of the molecule is CN1CCN(C(=O)c2ccccc2NC(=O)CCc2ccccc2)CC1. The van der Waals surface area contributed by atoms with Gasteiger partial charge in [-0.15, -0.1) is 0 Å². The topological polar surface area (TPSA) is 52.6 Å². The Morgan fingerprint density at radius 1 is 0.923 bits per heavy atom. The van der Waals surface area contributed by atoms with Crippen LogP contribution in [0.15, 0.2) is 54.6 Å². The first-order valence-corrected chi connectivity index (χ1v) is 9.04. The summed E-state index contributed by atoms with van der Waals surface area (Å²) in [6, 6.07) is 17.2. The zero-order valence-corrected chi connectivity index (χ0v) is 15.1. The molecular formula is C21H25N3O2. The maximum atomic E-state index is 12.8. The largest absolute Gasteiger partial charge is 0.336 e. The van der Waals surface area contributed by atoms with Gasteiger partial charge in [-0.3, -0.25) is 9.59 Å². The Hall–Kier alpha value is -2.66. The van der Waals surface area contributed by atoms with Crippen LogP contribution in [0.4, 0.5) is 5.69 Å². The molecule has 136 valence electrons. The van der Waals surface area contributed by atoms with E-state index < -0.39 is 0 Å². The summed E-state index contributed by atoms with van der Waals surface area (Å²) < 4.78 is 0. The van der Waals surface area contributed by atoms with E-state index in [1.165, 1.54) is 0 Å². The summed E-state index contributed by atoms with van der Waals surface area (Å²) in [5.41, 5.74) is 2.28. The molecule has 1 saturated heterocycles. The number of nitrogens with one attached hydrogen (secondary N) is 1. The molecule has 26 heavy (non-hydrogen) atoms. The number of aryl methyl sites for hydroxylation is 1. The van der Waals surface area contributed by atoms with Gasteiger partial charge in [-0.25, -0.2) is 0 Å². The zero-order chi connectivity index (χ0) is 18.4. The molecule has 1 heterocycles. The van der Waals surface area contributed by atoms with Crippen molar-refractivity contribution in [2.45, 2.75) is 12.8 Å². The van der Waals surface area contributed by atoms with Crippen LogP contribution in [0.1, 0.15) is 22.3 Å². The fraction of sp³-hybridized carbons (Fsp3) is 0.333. The monoisotopic (exact) mass is 351 g/mol. The van der Waals surface area contributed by atoms with E-state index in [2.05, 4.69) is 17.3 Å². The number of hydrogen-bond donors (Lipinski definition) is 1. The van der Waals surface area contributed by atoms with E-state index in [0.717, 1.165) is 18.7 Å². The van der Waals surface area contributed by atoms with E-state index in [-0.39, 0.29) is 11.8 Å². The van der Waals surface area contributed by atoms with Crippen LogP contribution in [0.2, 0.25) is 0 Å². The minimum atomic E-state index is -0.0764. The van der Waals surface area contributed by atoms with Crippen LogP contribution in [0.5, 0.6) is 0 Å². The molecule has 1 aliphatic heterocycles. The van der Waals surface area contributed by atoms with E-state index in [1.54, 1.807) is 12.1 Å². The average molecular weight is 351 g/mol. The minimum absolute atomic E-state index is 0.0166. The molecule has 5 heteroatoms. The van der Waals surface area contributed by atoms with Crippen molar-refractivity contribution < 1.29 is 9.59 Å². The van der Waals surface area contributed by atoms with Gasteiger partial charge in [0.05, 0.1) is 11.3 Å². The summed E-state index contributed by atoms with van der Waals surface area (Å²) in [6.07, 6.45) is 1.07. The smallest absolute Gasteiger partial charge is 0.256 e. The quantitative estimate of drug-likeness (QED) is 0.901. The molecule has 2 aromatic rings. The van der Waals surface area contributed by atoms with Gasteiger partial charge < -0.3 is 15.1 Å². The van der Waals surface area contributed by atoms with Crippen molar-refractivity contribution in [1.82, 2.24) is 9.80 Å². The number of hydrogen-bond acceptors (Lipinski definition) is 3. The highest BCUT2D eigenvalue weighted by Crippen LogP contribution is 2.19. The lowest BCUT2D eigenvalue weighted by molar-refractivity contribution is -0.116. The Bertz CT molecular complexity index is 753. The molecule has 5 nitrogen and oxygen atoms in total. The van der Waals surface area contributed by atoms with Crippen LogP contribution in [-0.2, 0) is 11.2 Å². The molecule has 0 aliphatic carbocycles. The predicted octanol–water partition coefficient (Wildman–Crippen LogP) is 2.65. The first-order chi connectivity index (χ1) is 12.6. The normalized spacial score (nSPS) is 14.9. The Morgan fingerprint density at radius 3 is 2.31 bits per heavy atom. The number of rotatable bonds is 5. The molecule has 0 bridgehead atoms. The van der Waals surface area contributed by atoms with E-state index in [1.807, 2.05) is 47.4 Å². The van der Waals surface area contributed by atoms with E-state index in [4.69, 9.17) is 0 Å². The fourth-order valence-corrected chi connectivity index (χ4v) is 3.07. The lowest BCUT2D eigenvalue weighted by Gasteiger charge is -2.32. The number of amides is 2. The molecule has 0 unspecified atom stereocenters. The molecule has 0 aromatic heterocycles. The fourth-order valence-electron chi connectivity index (χ4n) is 3.07. The first-order valence-electron chi connectivity index (χ1n) is 9.04. The highest BCUT2D eigenvalue weighted by atomic mass is 16.2. The second-order valence-electron chi connectivity index (χ2n) is 6.67. The van der Waals surface area contributed by atoms with Crippen molar-refractivity contribution in [3.63, 3.8) is 0 Å². The summed E-state index contributed by atoms with van der Waals surface area (Å²) in [5, 5.41) is 2.91. The zero-order valence-electron chi connectivity index (χ0n) is 15.1. The van der Waals surface area contributed by atoms with Crippen molar-refractivity contribution in [1.29, 1.82) is 0 Å². The highest BCUT2D eigenvalue weighted by Gasteiger charge is 2.22. The van der Waals surface area contributed by atoms with Gasteiger partial charge in [0.2, 0.25) is 5.91 Å².